The molecule has 4 aliphatic heterocycles. The molecule has 2 atom stereocenters. The summed E-state index contributed by atoms with van der Waals surface area (Å²) < 4.78 is 16.7. The molecule has 0 saturated carbocycles. The van der Waals surface area contributed by atoms with Gasteiger partial charge in [0.2, 0.25) is 0 Å². The number of aromatic nitrogens is 2. The van der Waals surface area contributed by atoms with Crippen molar-refractivity contribution in [2.24, 2.45) is 0 Å². The molecule has 2 unspecified atom stereocenters. The average molecular weight is 1120 g/mol. The summed E-state index contributed by atoms with van der Waals surface area (Å²) in [4.78, 5) is 66.8. The first-order chi connectivity index (χ1) is 32.0. The number of hydroxylamine groups is 2. The van der Waals surface area contributed by atoms with Gasteiger partial charge in [0.25, 0.3) is 11.8 Å². The van der Waals surface area contributed by atoms with Crippen LogP contribution >= 0.6 is 45.2 Å². The molecule has 16 nitrogen and oxygen atoms in total. The number of pyridine rings is 2. The first-order valence-electron chi connectivity index (χ1n) is 22.1. The van der Waals surface area contributed by atoms with Crippen LogP contribution in [0.15, 0.2) is 85.2 Å². The van der Waals surface area contributed by atoms with Crippen molar-refractivity contribution < 1.29 is 38.3 Å². The number of halogens is 2. The summed E-state index contributed by atoms with van der Waals surface area (Å²) in [5.41, 5.74) is 10.6. The predicted octanol–water partition coefficient (Wildman–Crippen LogP) is 7.12. The molecule has 9 rings (SSSR count). The van der Waals surface area contributed by atoms with Gasteiger partial charge >= 0.3 is 6.09 Å². The van der Waals surface area contributed by atoms with Crippen LogP contribution in [0.1, 0.15) is 76.3 Å². The minimum absolute atomic E-state index is 0.0446. The first-order valence-corrected chi connectivity index (χ1v) is 26.4. The van der Waals surface area contributed by atoms with E-state index in [1.165, 1.54) is 28.5 Å². The number of hydrogen-bond acceptors (Lipinski definition) is 13. The Morgan fingerprint density at radius 2 is 1.12 bits per heavy atom. The SMILES string of the molecule is CI.CI.O=C(NOC1CCCCO1)c1ccc(N2CCN(C(=O)OCC3c4ccccc4-c4ccccc43)CC2)nc1.O=C(NOC1CCCCO1)c1ccc(N2CCNCC2)nc1. The number of carbonyl (C=O) groups excluding carboxylic acids is 3. The van der Waals surface area contributed by atoms with E-state index in [2.05, 4.69) is 105 Å². The van der Waals surface area contributed by atoms with Gasteiger partial charge in [0.1, 0.15) is 18.2 Å². The van der Waals surface area contributed by atoms with Gasteiger partial charge in [-0.25, -0.2) is 35.4 Å². The number of hydrogen-bond donors (Lipinski definition) is 3. The fourth-order valence-electron chi connectivity index (χ4n) is 8.08. The smallest absolute Gasteiger partial charge is 0.409 e. The van der Waals surface area contributed by atoms with Crippen molar-refractivity contribution in [2.45, 2.75) is 57.0 Å². The van der Waals surface area contributed by atoms with Gasteiger partial charge in [0.05, 0.1) is 11.1 Å². The monoisotopic (exact) mass is 1120 g/mol. The molecule has 0 radical (unpaired) electrons. The number of anilines is 2. The van der Waals surface area contributed by atoms with Gasteiger partial charge in [0.15, 0.2) is 12.6 Å². The Morgan fingerprint density at radius 1 is 0.646 bits per heavy atom. The Hall–Kier alpha value is -4.19. The van der Waals surface area contributed by atoms with E-state index < -0.39 is 6.29 Å². The second kappa shape index (κ2) is 26.8. The second-order valence-corrected chi connectivity index (χ2v) is 15.5. The van der Waals surface area contributed by atoms with E-state index in [1.807, 2.05) is 46.3 Å². The maximum absolute atomic E-state index is 12.9. The van der Waals surface area contributed by atoms with Crippen LogP contribution in [0.3, 0.4) is 0 Å². The number of piperazine rings is 2. The van der Waals surface area contributed by atoms with Gasteiger partial charge < -0.3 is 34.2 Å². The lowest BCUT2D eigenvalue weighted by Crippen LogP contribution is -2.49. The summed E-state index contributed by atoms with van der Waals surface area (Å²) in [7, 11) is 0. The fraction of sp³-hybridized carbons (Fsp3) is 0.468. The van der Waals surface area contributed by atoms with Gasteiger partial charge in [-0.3, -0.25) is 9.59 Å². The Kier molecular flexibility index (Phi) is 20.7. The fourth-order valence-corrected chi connectivity index (χ4v) is 8.08. The largest absolute Gasteiger partial charge is 0.448 e. The van der Waals surface area contributed by atoms with Crippen molar-refractivity contribution in [3.63, 3.8) is 0 Å². The molecule has 0 bridgehead atoms. The van der Waals surface area contributed by atoms with E-state index in [9.17, 15) is 14.4 Å². The van der Waals surface area contributed by atoms with Gasteiger partial charge in [-0.15, -0.1) is 0 Å². The van der Waals surface area contributed by atoms with Crippen molar-refractivity contribution >= 4 is 74.7 Å². The Labute approximate surface area is 409 Å². The first kappa shape index (κ1) is 50.2. The summed E-state index contributed by atoms with van der Waals surface area (Å²) in [5.74, 6) is 1.05. The van der Waals surface area contributed by atoms with Crippen LogP contribution in [0, 0.1) is 0 Å². The molecule has 2 aromatic heterocycles. The average Bonchev–Trinajstić information content (AvgIpc) is 3.72. The predicted molar refractivity (Wildman–Crippen MR) is 267 cm³/mol. The highest BCUT2D eigenvalue weighted by molar-refractivity contribution is 14.1. The third-order valence-corrected chi connectivity index (χ3v) is 11.5. The van der Waals surface area contributed by atoms with Crippen molar-refractivity contribution in [2.75, 3.05) is 91.8 Å². The molecular weight excluding hydrogens is 1060 g/mol. The van der Waals surface area contributed by atoms with Gasteiger partial charge in [0, 0.05) is 96.7 Å². The van der Waals surface area contributed by atoms with Gasteiger partial charge in [-0.2, -0.15) is 0 Å². The van der Waals surface area contributed by atoms with E-state index in [-0.39, 0.29) is 30.1 Å². The molecule has 4 fully saturated rings. The number of rotatable bonds is 10. The van der Waals surface area contributed by atoms with Crippen molar-refractivity contribution in [3.8, 4) is 11.1 Å². The molecule has 18 heteroatoms. The van der Waals surface area contributed by atoms with Gasteiger partial charge in [-0.1, -0.05) is 93.7 Å². The molecule has 3 amide bonds. The number of ether oxygens (including phenoxy) is 3. The van der Waals surface area contributed by atoms with Crippen LogP contribution in [0.5, 0.6) is 0 Å². The normalized spacial score (nSPS) is 19.0. The van der Waals surface area contributed by atoms with Crippen LogP contribution < -0.4 is 26.1 Å². The Bertz CT molecular complexity index is 2030. The molecule has 3 N–H and O–H groups in total. The molecule has 2 aromatic carbocycles. The number of alkyl halides is 2. The highest BCUT2D eigenvalue weighted by atomic mass is 127. The summed E-state index contributed by atoms with van der Waals surface area (Å²) in [6, 6.07) is 23.8. The molecule has 350 valence electrons. The minimum atomic E-state index is -0.400. The molecule has 5 aliphatic rings. The van der Waals surface area contributed by atoms with E-state index in [0.29, 0.717) is 57.1 Å². The zero-order valence-corrected chi connectivity index (χ0v) is 41.4. The van der Waals surface area contributed by atoms with Gasteiger partial charge in [-0.05, 0) is 82.1 Å². The summed E-state index contributed by atoms with van der Waals surface area (Å²) in [5, 5.41) is 3.30. The molecular formula is C47H60I2N8O8. The zero-order valence-electron chi connectivity index (χ0n) is 37.1. The topological polar surface area (TPSA) is 169 Å². The maximum atomic E-state index is 12.9. The quantitative estimate of drug-likeness (QED) is 0.0835. The highest BCUT2D eigenvalue weighted by Gasteiger charge is 2.31. The Morgan fingerprint density at radius 3 is 1.57 bits per heavy atom. The van der Waals surface area contributed by atoms with Crippen molar-refractivity contribution in [1.82, 2.24) is 31.1 Å². The van der Waals surface area contributed by atoms with E-state index in [1.54, 1.807) is 23.2 Å². The summed E-state index contributed by atoms with van der Waals surface area (Å²) in [6.45, 7) is 7.75. The van der Waals surface area contributed by atoms with Crippen molar-refractivity contribution in [1.29, 1.82) is 0 Å². The zero-order chi connectivity index (χ0) is 45.8. The van der Waals surface area contributed by atoms with Crippen LogP contribution in [0.4, 0.5) is 16.4 Å². The van der Waals surface area contributed by atoms with Crippen molar-refractivity contribution in [3.05, 3.63) is 107 Å². The summed E-state index contributed by atoms with van der Waals surface area (Å²) in [6.07, 6.45) is 7.79. The second-order valence-electron chi connectivity index (χ2n) is 15.5. The summed E-state index contributed by atoms with van der Waals surface area (Å²) >= 11 is 4.30. The molecule has 4 saturated heterocycles. The number of amides is 3. The molecule has 1 aliphatic carbocycles. The molecule has 4 aromatic rings. The number of nitrogens with one attached hydrogen (secondary N) is 3. The minimum Gasteiger partial charge on any atom is -0.448 e. The Balaban J connectivity index is 0.000000228. The lowest BCUT2D eigenvalue weighted by molar-refractivity contribution is -0.186. The molecule has 65 heavy (non-hydrogen) atoms. The lowest BCUT2D eigenvalue weighted by atomic mass is 9.98. The van der Waals surface area contributed by atoms with E-state index in [4.69, 9.17) is 23.9 Å². The van der Waals surface area contributed by atoms with Crippen LogP contribution in [0.2, 0.25) is 0 Å². The number of nitrogens with zero attached hydrogens (tertiary/aromatic N) is 5. The lowest BCUT2D eigenvalue weighted by Gasteiger charge is -2.35. The van der Waals surface area contributed by atoms with Crippen LogP contribution in [-0.4, -0.2) is 127 Å². The van der Waals surface area contributed by atoms with E-state index >= 15 is 0 Å². The van der Waals surface area contributed by atoms with E-state index in [0.717, 1.165) is 76.3 Å². The maximum Gasteiger partial charge on any atom is 0.409 e. The third kappa shape index (κ3) is 14.2. The van der Waals surface area contributed by atoms with Crippen LogP contribution in [0.25, 0.3) is 11.1 Å². The third-order valence-electron chi connectivity index (χ3n) is 11.5. The highest BCUT2D eigenvalue weighted by Crippen LogP contribution is 2.44. The standard InChI is InChI=1S/C30H32N4O5.C15H22N4O3.2CH3I/c35-29(32-39-28-11-5-6-18-37-28)21-12-13-27(31-19-21)33-14-16-34(17-15-33)30(36)38-20-26-24-9-3-1-7-22(24)23-8-2-4-10-25(23)26;20-15(18-22-14-3-1-2-10-21-14)12-4-5-13(17-11-12)19-8-6-16-7-9-19;2*1-2/h1-4,7-10,12-13,19,26,28H,5-6,11,14-18,20H2,(H,32,35);4-5,11,14,16H,1-3,6-10H2,(H,18,20);2*1H3. The number of benzene rings is 2. The van der Waals surface area contributed by atoms with Crippen LogP contribution in [-0.2, 0) is 23.9 Å². The number of fused-ring (bicyclic) bond motifs is 3. The molecule has 6 heterocycles. The molecule has 0 spiro atoms. The number of carbonyl (C=O) groups is 3.